The summed E-state index contributed by atoms with van der Waals surface area (Å²) in [7, 11) is 2.00. The van der Waals surface area contributed by atoms with E-state index in [4.69, 9.17) is 10.5 Å². The highest BCUT2D eigenvalue weighted by Gasteiger charge is 2.21. The van der Waals surface area contributed by atoms with Gasteiger partial charge in [-0.05, 0) is 28.8 Å². The van der Waals surface area contributed by atoms with E-state index in [2.05, 4.69) is 22.1 Å². The molecule has 2 aromatic heterocycles. The summed E-state index contributed by atoms with van der Waals surface area (Å²) in [6.45, 7) is 1.14. The number of rotatable bonds is 1. The summed E-state index contributed by atoms with van der Waals surface area (Å²) in [5.74, 6) is 0. The SMILES string of the molecule is Cn1cnc2ccc(-c3cncc4c3COCC4N)cc21. The Hall–Kier alpha value is -2.24. The summed E-state index contributed by atoms with van der Waals surface area (Å²) in [6.07, 6.45) is 5.57. The Labute approximate surface area is 122 Å². The first-order chi connectivity index (χ1) is 10.2. The molecule has 1 unspecified atom stereocenters. The molecule has 3 aromatic rings. The number of imidazole rings is 1. The zero-order valence-corrected chi connectivity index (χ0v) is 11.8. The molecule has 0 amide bonds. The van der Waals surface area contributed by atoms with Gasteiger partial charge in [-0.3, -0.25) is 4.98 Å². The van der Waals surface area contributed by atoms with E-state index in [1.54, 1.807) is 0 Å². The lowest BCUT2D eigenvalue weighted by molar-refractivity contribution is 0.0926. The van der Waals surface area contributed by atoms with Crippen LogP contribution in [-0.2, 0) is 18.4 Å². The third-order valence-electron chi connectivity index (χ3n) is 4.07. The van der Waals surface area contributed by atoms with E-state index >= 15 is 0 Å². The third-order valence-corrected chi connectivity index (χ3v) is 4.07. The maximum Gasteiger partial charge on any atom is 0.0955 e. The Balaban J connectivity index is 1.92. The van der Waals surface area contributed by atoms with Crippen LogP contribution >= 0.6 is 0 Å². The number of nitrogens with zero attached hydrogens (tertiary/aromatic N) is 3. The minimum atomic E-state index is -0.0957. The maximum atomic E-state index is 6.11. The summed E-state index contributed by atoms with van der Waals surface area (Å²) in [4.78, 5) is 8.71. The number of aromatic nitrogens is 3. The zero-order valence-electron chi connectivity index (χ0n) is 11.8. The van der Waals surface area contributed by atoms with Gasteiger partial charge in [0.1, 0.15) is 0 Å². The van der Waals surface area contributed by atoms with Crippen LogP contribution in [0.3, 0.4) is 0 Å². The highest BCUT2D eigenvalue weighted by molar-refractivity contribution is 5.83. The molecular weight excluding hydrogens is 264 g/mol. The lowest BCUT2D eigenvalue weighted by Gasteiger charge is -2.24. The number of hydrogen-bond acceptors (Lipinski definition) is 4. The van der Waals surface area contributed by atoms with Crippen LogP contribution in [0.5, 0.6) is 0 Å². The highest BCUT2D eigenvalue weighted by atomic mass is 16.5. The van der Waals surface area contributed by atoms with Crippen molar-refractivity contribution >= 4 is 11.0 Å². The van der Waals surface area contributed by atoms with Crippen LogP contribution in [0.15, 0.2) is 36.9 Å². The van der Waals surface area contributed by atoms with Gasteiger partial charge in [-0.25, -0.2) is 4.98 Å². The lowest BCUT2D eigenvalue weighted by Crippen LogP contribution is -2.24. The molecular formula is C16H16N4O. The van der Waals surface area contributed by atoms with Gasteiger partial charge in [0.2, 0.25) is 0 Å². The molecule has 1 aliphatic rings. The minimum Gasteiger partial charge on any atom is -0.375 e. The predicted octanol–water partition coefficient (Wildman–Crippen LogP) is 2.17. The summed E-state index contributed by atoms with van der Waals surface area (Å²) >= 11 is 0. The molecule has 0 bridgehead atoms. The molecule has 106 valence electrons. The Morgan fingerprint density at radius 2 is 2.24 bits per heavy atom. The Morgan fingerprint density at radius 1 is 1.33 bits per heavy atom. The largest absolute Gasteiger partial charge is 0.375 e. The second-order valence-corrected chi connectivity index (χ2v) is 5.44. The number of ether oxygens (including phenoxy) is 1. The number of nitrogens with two attached hydrogens (primary N) is 1. The average molecular weight is 280 g/mol. The van der Waals surface area contributed by atoms with Crippen molar-refractivity contribution in [3.05, 3.63) is 48.0 Å². The second kappa shape index (κ2) is 4.65. The predicted molar refractivity (Wildman–Crippen MR) is 80.5 cm³/mol. The molecule has 0 saturated carbocycles. The maximum absolute atomic E-state index is 6.11. The van der Waals surface area contributed by atoms with Crippen molar-refractivity contribution in [1.29, 1.82) is 0 Å². The quantitative estimate of drug-likeness (QED) is 0.742. The van der Waals surface area contributed by atoms with Crippen molar-refractivity contribution in [2.75, 3.05) is 6.61 Å². The van der Waals surface area contributed by atoms with Crippen LogP contribution in [0.25, 0.3) is 22.2 Å². The molecule has 2 N–H and O–H groups in total. The van der Waals surface area contributed by atoms with E-state index < -0.39 is 0 Å². The van der Waals surface area contributed by atoms with Crippen molar-refractivity contribution in [1.82, 2.24) is 14.5 Å². The van der Waals surface area contributed by atoms with E-state index in [0.29, 0.717) is 13.2 Å². The van der Waals surface area contributed by atoms with Gasteiger partial charge in [-0.2, -0.15) is 0 Å². The molecule has 0 fully saturated rings. The van der Waals surface area contributed by atoms with Crippen LogP contribution in [0.2, 0.25) is 0 Å². The number of aryl methyl sites for hydroxylation is 1. The van der Waals surface area contributed by atoms with Crippen molar-refractivity contribution in [2.45, 2.75) is 12.6 Å². The van der Waals surface area contributed by atoms with Crippen molar-refractivity contribution in [3.8, 4) is 11.1 Å². The molecule has 1 aliphatic heterocycles. The zero-order chi connectivity index (χ0) is 14.4. The van der Waals surface area contributed by atoms with Gasteiger partial charge in [0.15, 0.2) is 0 Å². The van der Waals surface area contributed by atoms with E-state index in [1.807, 2.05) is 36.4 Å². The molecule has 4 rings (SSSR count). The lowest BCUT2D eigenvalue weighted by atomic mass is 9.94. The van der Waals surface area contributed by atoms with Crippen LogP contribution in [0.4, 0.5) is 0 Å². The molecule has 3 heterocycles. The third kappa shape index (κ3) is 1.93. The van der Waals surface area contributed by atoms with Crippen molar-refractivity contribution < 1.29 is 4.74 Å². The second-order valence-electron chi connectivity index (χ2n) is 5.44. The molecule has 1 atom stereocenters. The standard InChI is InChI=1S/C16H16N4O/c1-20-9-19-15-3-2-10(4-16(15)20)11-5-18-6-12-13(11)7-21-8-14(12)17/h2-6,9,14H,7-8,17H2,1H3. The van der Waals surface area contributed by atoms with Crippen LogP contribution in [0, 0.1) is 0 Å². The number of fused-ring (bicyclic) bond motifs is 2. The van der Waals surface area contributed by atoms with Gasteiger partial charge in [0, 0.05) is 25.0 Å². The van der Waals surface area contributed by atoms with Gasteiger partial charge in [0.05, 0.1) is 36.6 Å². The fraction of sp³-hybridized carbons (Fsp3) is 0.250. The normalized spacial score (nSPS) is 17.9. The molecule has 5 nitrogen and oxygen atoms in total. The first-order valence-corrected chi connectivity index (χ1v) is 6.95. The topological polar surface area (TPSA) is 66.0 Å². The number of pyridine rings is 1. The first-order valence-electron chi connectivity index (χ1n) is 6.95. The Bertz CT molecular complexity index is 824. The molecule has 21 heavy (non-hydrogen) atoms. The van der Waals surface area contributed by atoms with E-state index in [0.717, 1.165) is 33.3 Å². The van der Waals surface area contributed by atoms with Gasteiger partial charge in [-0.15, -0.1) is 0 Å². The van der Waals surface area contributed by atoms with E-state index in [-0.39, 0.29) is 6.04 Å². The van der Waals surface area contributed by atoms with Gasteiger partial charge in [0.25, 0.3) is 0 Å². The molecule has 1 aromatic carbocycles. The number of hydrogen-bond donors (Lipinski definition) is 1. The van der Waals surface area contributed by atoms with E-state index in [9.17, 15) is 0 Å². The monoisotopic (exact) mass is 280 g/mol. The summed E-state index contributed by atoms with van der Waals surface area (Å²) in [5, 5.41) is 0. The van der Waals surface area contributed by atoms with E-state index in [1.165, 1.54) is 0 Å². The number of benzene rings is 1. The summed E-state index contributed by atoms with van der Waals surface area (Å²) in [5.41, 5.74) is 12.6. The molecule has 0 radical (unpaired) electrons. The van der Waals surface area contributed by atoms with Gasteiger partial charge in [-0.1, -0.05) is 6.07 Å². The fourth-order valence-corrected chi connectivity index (χ4v) is 2.90. The Morgan fingerprint density at radius 3 is 3.14 bits per heavy atom. The van der Waals surface area contributed by atoms with Crippen LogP contribution in [-0.4, -0.2) is 21.1 Å². The van der Waals surface area contributed by atoms with Gasteiger partial charge < -0.3 is 15.0 Å². The molecule has 5 heteroatoms. The van der Waals surface area contributed by atoms with Crippen molar-refractivity contribution in [2.24, 2.45) is 12.8 Å². The Kier molecular flexibility index (Phi) is 2.77. The van der Waals surface area contributed by atoms with Gasteiger partial charge >= 0.3 is 0 Å². The molecule has 0 aliphatic carbocycles. The molecule has 0 spiro atoms. The fourth-order valence-electron chi connectivity index (χ4n) is 2.90. The summed E-state index contributed by atoms with van der Waals surface area (Å²) < 4.78 is 7.61. The highest BCUT2D eigenvalue weighted by Crippen LogP contribution is 2.32. The van der Waals surface area contributed by atoms with Crippen LogP contribution < -0.4 is 5.73 Å². The van der Waals surface area contributed by atoms with Crippen LogP contribution in [0.1, 0.15) is 17.2 Å². The van der Waals surface area contributed by atoms with Crippen molar-refractivity contribution in [3.63, 3.8) is 0 Å². The summed E-state index contributed by atoms with van der Waals surface area (Å²) in [6, 6.07) is 6.15. The minimum absolute atomic E-state index is 0.0957. The first kappa shape index (κ1) is 12.5. The average Bonchev–Trinajstić information content (AvgIpc) is 2.88. The molecule has 0 saturated heterocycles. The smallest absolute Gasteiger partial charge is 0.0955 e.